The molecule has 2 aliphatic heterocycles. The largest absolute Gasteiger partial charge is 0.381 e. The zero-order valence-corrected chi connectivity index (χ0v) is 10.9. The highest BCUT2D eigenvalue weighted by molar-refractivity contribution is 4.95. The van der Waals surface area contributed by atoms with Crippen LogP contribution in [0.15, 0.2) is 0 Å². The molecule has 2 nitrogen and oxygen atoms in total. The van der Waals surface area contributed by atoms with Gasteiger partial charge in [0.1, 0.15) is 0 Å². The van der Waals surface area contributed by atoms with Gasteiger partial charge < -0.3 is 10.1 Å². The van der Waals surface area contributed by atoms with Crippen molar-refractivity contribution in [2.75, 3.05) is 19.8 Å². The molecule has 1 unspecified atom stereocenters. The second kappa shape index (κ2) is 5.50. The summed E-state index contributed by atoms with van der Waals surface area (Å²) in [5.74, 6) is 1.71. The first-order valence-electron chi connectivity index (χ1n) is 7.03. The molecule has 0 aromatic carbocycles. The van der Waals surface area contributed by atoms with Crippen LogP contribution >= 0.6 is 0 Å². The lowest BCUT2D eigenvalue weighted by Gasteiger charge is -2.36. The third-order valence-corrected chi connectivity index (χ3v) is 4.15. The molecule has 16 heavy (non-hydrogen) atoms. The highest BCUT2D eigenvalue weighted by atomic mass is 16.5. The van der Waals surface area contributed by atoms with Crippen LogP contribution < -0.4 is 5.32 Å². The van der Waals surface area contributed by atoms with E-state index < -0.39 is 0 Å². The van der Waals surface area contributed by atoms with Crippen molar-refractivity contribution in [3.63, 3.8) is 0 Å². The van der Waals surface area contributed by atoms with Gasteiger partial charge in [-0.25, -0.2) is 0 Å². The van der Waals surface area contributed by atoms with E-state index in [1.54, 1.807) is 0 Å². The van der Waals surface area contributed by atoms with Gasteiger partial charge in [-0.15, -0.1) is 0 Å². The smallest absolute Gasteiger partial charge is 0.0468 e. The first kappa shape index (κ1) is 12.4. The summed E-state index contributed by atoms with van der Waals surface area (Å²) in [5, 5.41) is 3.81. The van der Waals surface area contributed by atoms with Crippen LogP contribution in [0, 0.1) is 11.8 Å². The molecule has 0 amide bonds. The van der Waals surface area contributed by atoms with Gasteiger partial charge in [0.2, 0.25) is 0 Å². The fourth-order valence-corrected chi connectivity index (χ4v) is 3.59. The van der Waals surface area contributed by atoms with Crippen molar-refractivity contribution < 1.29 is 4.74 Å². The summed E-state index contributed by atoms with van der Waals surface area (Å²) >= 11 is 0. The summed E-state index contributed by atoms with van der Waals surface area (Å²) in [6, 6.07) is 0. The number of ether oxygens (including phenoxy) is 1. The Labute approximate surface area is 100 Å². The summed E-state index contributed by atoms with van der Waals surface area (Å²) in [6.07, 6.45) is 8.06. The maximum atomic E-state index is 5.46. The van der Waals surface area contributed by atoms with Crippen LogP contribution in [0.5, 0.6) is 0 Å². The molecule has 0 bridgehead atoms. The van der Waals surface area contributed by atoms with Gasteiger partial charge in [0.15, 0.2) is 0 Å². The van der Waals surface area contributed by atoms with Crippen LogP contribution in [0.3, 0.4) is 0 Å². The maximum Gasteiger partial charge on any atom is 0.0468 e. The Hall–Kier alpha value is -0.0800. The van der Waals surface area contributed by atoms with E-state index >= 15 is 0 Å². The van der Waals surface area contributed by atoms with Crippen LogP contribution in [0.2, 0.25) is 0 Å². The van der Waals surface area contributed by atoms with E-state index in [-0.39, 0.29) is 0 Å². The molecule has 2 saturated heterocycles. The topological polar surface area (TPSA) is 21.3 Å². The van der Waals surface area contributed by atoms with Gasteiger partial charge in [-0.2, -0.15) is 0 Å². The minimum absolute atomic E-state index is 0.468. The van der Waals surface area contributed by atoms with Crippen molar-refractivity contribution in [1.29, 1.82) is 0 Å². The van der Waals surface area contributed by atoms with E-state index in [0.29, 0.717) is 5.54 Å². The van der Waals surface area contributed by atoms with Gasteiger partial charge in [-0.1, -0.05) is 13.8 Å². The monoisotopic (exact) mass is 225 g/mol. The quantitative estimate of drug-likeness (QED) is 0.794. The number of hydrogen-bond acceptors (Lipinski definition) is 2. The van der Waals surface area contributed by atoms with E-state index in [4.69, 9.17) is 4.74 Å². The third-order valence-electron chi connectivity index (χ3n) is 4.15. The molecule has 2 heteroatoms. The van der Waals surface area contributed by atoms with E-state index in [9.17, 15) is 0 Å². The van der Waals surface area contributed by atoms with Crippen LogP contribution in [0.25, 0.3) is 0 Å². The second-order valence-electron chi connectivity index (χ2n) is 6.17. The average molecular weight is 225 g/mol. The Morgan fingerprint density at radius 2 is 2.06 bits per heavy atom. The molecular formula is C14H27NO. The summed E-state index contributed by atoms with van der Waals surface area (Å²) in [6.45, 7) is 7.91. The second-order valence-corrected chi connectivity index (χ2v) is 6.17. The highest BCUT2D eigenvalue weighted by Gasteiger charge is 2.36. The average Bonchev–Trinajstić information content (AvgIpc) is 2.66. The Balaban J connectivity index is 1.90. The molecule has 2 rings (SSSR count). The molecule has 0 saturated carbocycles. The van der Waals surface area contributed by atoms with Gasteiger partial charge in [0, 0.05) is 18.8 Å². The lowest BCUT2D eigenvalue weighted by molar-refractivity contribution is 0.0523. The van der Waals surface area contributed by atoms with Crippen LogP contribution in [-0.4, -0.2) is 25.3 Å². The summed E-state index contributed by atoms with van der Waals surface area (Å²) in [5.41, 5.74) is 0.468. The number of rotatable bonds is 4. The standard InChI is InChI=1S/C14H27NO/c1-12(2)10-14(6-3-7-15-14)11-13-4-8-16-9-5-13/h12-13,15H,3-11H2,1-2H3. The summed E-state index contributed by atoms with van der Waals surface area (Å²) < 4.78 is 5.46. The fraction of sp³-hybridized carbons (Fsp3) is 1.00. The van der Waals surface area contributed by atoms with E-state index in [0.717, 1.165) is 25.0 Å². The summed E-state index contributed by atoms with van der Waals surface area (Å²) in [4.78, 5) is 0. The number of hydrogen-bond donors (Lipinski definition) is 1. The molecule has 1 N–H and O–H groups in total. The van der Waals surface area contributed by atoms with E-state index in [1.165, 1.54) is 45.1 Å². The van der Waals surface area contributed by atoms with Gasteiger partial charge in [0.25, 0.3) is 0 Å². The molecule has 0 aromatic heterocycles. The lowest BCUT2D eigenvalue weighted by atomic mass is 9.78. The predicted octanol–water partition coefficient (Wildman–Crippen LogP) is 2.97. The van der Waals surface area contributed by atoms with Crippen molar-refractivity contribution in [2.24, 2.45) is 11.8 Å². The molecule has 94 valence electrons. The molecule has 2 heterocycles. The minimum Gasteiger partial charge on any atom is -0.381 e. The van der Waals surface area contributed by atoms with Crippen molar-refractivity contribution >= 4 is 0 Å². The molecule has 0 aromatic rings. The molecule has 0 radical (unpaired) electrons. The lowest BCUT2D eigenvalue weighted by Crippen LogP contribution is -2.43. The Kier molecular flexibility index (Phi) is 4.26. The van der Waals surface area contributed by atoms with Crippen molar-refractivity contribution in [2.45, 2.75) is 57.9 Å². The van der Waals surface area contributed by atoms with Gasteiger partial charge in [-0.3, -0.25) is 0 Å². The van der Waals surface area contributed by atoms with Crippen molar-refractivity contribution in [1.82, 2.24) is 5.32 Å². The maximum absolute atomic E-state index is 5.46. The zero-order valence-electron chi connectivity index (χ0n) is 10.9. The first-order valence-corrected chi connectivity index (χ1v) is 7.03. The van der Waals surface area contributed by atoms with Crippen LogP contribution in [0.4, 0.5) is 0 Å². The number of nitrogens with one attached hydrogen (secondary N) is 1. The minimum atomic E-state index is 0.468. The molecule has 0 spiro atoms. The van der Waals surface area contributed by atoms with Gasteiger partial charge >= 0.3 is 0 Å². The van der Waals surface area contributed by atoms with Crippen molar-refractivity contribution in [3.8, 4) is 0 Å². The molecule has 2 fully saturated rings. The fourth-order valence-electron chi connectivity index (χ4n) is 3.59. The predicted molar refractivity (Wildman–Crippen MR) is 67.6 cm³/mol. The first-order chi connectivity index (χ1) is 7.70. The van der Waals surface area contributed by atoms with Gasteiger partial charge in [-0.05, 0) is 56.9 Å². The Morgan fingerprint density at radius 3 is 2.62 bits per heavy atom. The Morgan fingerprint density at radius 1 is 1.31 bits per heavy atom. The van der Waals surface area contributed by atoms with Crippen molar-refractivity contribution in [3.05, 3.63) is 0 Å². The van der Waals surface area contributed by atoms with E-state index in [2.05, 4.69) is 19.2 Å². The normalized spacial score (nSPS) is 32.4. The molecule has 1 atom stereocenters. The Bertz CT molecular complexity index is 203. The van der Waals surface area contributed by atoms with E-state index in [1.807, 2.05) is 0 Å². The SMILES string of the molecule is CC(C)CC1(CC2CCOCC2)CCCN1. The highest BCUT2D eigenvalue weighted by Crippen LogP contribution is 2.35. The molecule has 0 aliphatic carbocycles. The van der Waals surface area contributed by atoms with Gasteiger partial charge in [0.05, 0.1) is 0 Å². The summed E-state index contributed by atoms with van der Waals surface area (Å²) in [7, 11) is 0. The molecule has 2 aliphatic rings. The zero-order chi connectivity index (χ0) is 11.4. The third kappa shape index (κ3) is 3.21. The van der Waals surface area contributed by atoms with Crippen LogP contribution in [0.1, 0.15) is 52.4 Å². The van der Waals surface area contributed by atoms with Crippen LogP contribution in [-0.2, 0) is 4.74 Å². The molecular weight excluding hydrogens is 198 g/mol.